The van der Waals surface area contributed by atoms with Gasteiger partial charge >= 0.3 is 12.1 Å². The Kier molecular flexibility index (Phi) is 6.46. The second-order valence-corrected chi connectivity index (χ2v) is 8.54. The van der Waals surface area contributed by atoms with Gasteiger partial charge in [-0.05, 0) is 43.2 Å². The first-order chi connectivity index (χ1) is 15.7. The second-order valence-electron chi connectivity index (χ2n) is 7.71. The summed E-state index contributed by atoms with van der Waals surface area (Å²) in [6, 6.07) is 14.5. The lowest BCUT2D eigenvalue weighted by molar-refractivity contribution is -0.141. The zero-order valence-electron chi connectivity index (χ0n) is 17.6. The second kappa shape index (κ2) is 9.30. The molecule has 2 aromatic heterocycles. The molecule has 1 aliphatic heterocycles. The fourth-order valence-corrected chi connectivity index (χ4v) is 4.31. The van der Waals surface area contributed by atoms with Crippen molar-refractivity contribution in [2.45, 2.75) is 24.5 Å². The molecule has 33 heavy (non-hydrogen) atoms. The Bertz CT molecular complexity index is 1170. The van der Waals surface area contributed by atoms with Gasteiger partial charge in [0.15, 0.2) is 0 Å². The summed E-state index contributed by atoms with van der Waals surface area (Å²) in [4.78, 5) is 21.9. The number of aromatic nitrogens is 2. The summed E-state index contributed by atoms with van der Waals surface area (Å²) >= 11 is 1.13. The molecular formula is C23H21F3N4O2S. The van der Waals surface area contributed by atoms with E-state index in [1.54, 1.807) is 49.4 Å². The Morgan fingerprint density at radius 1 is 1.12 bits per heavy atom. The molecule has 172 valence electrons. The summed E-state index contributed by atoms with van der Waals surface area (Å²) in [5, 5.41) is 9.78. The molecule has 0 radical (unpaired) electrons. The van der Waals surface area contributed by atoms with E-state index in [0.717, 1.165) is 18.0 Å². The fourth-order valence-electron chi connectivity index (χ4n) is 3.70. The molecule has 0 bridgehead atoms. The van der Waals surface area contributed by atoms with Crippen molar-refractivity contribution in [3.8, 4) is 11.3 Å². The number of pyridine rings is 2. The quantitative estimate of drug-likeness (QED) is 0.457. The SMILES string of the molecule is Cc1ccccc1-c1nc(NSc2cccc(N3CCC(C(=O)O)C3)n2)ccc1C(F)(F)F. The smallest absolute Gasteiger partial charge is 0.418 e. The summed E-state index contributed by atoms with van der Waals surface area (Å²) in [5.41, 5.74) is 0.180. The van der Waals surface area contributed by atoms with Crippen molar-refractivity contribution in [2.24, 2.45) is 5.92 Å². The molecule has 0 aliphatic carbocycles. The Morgan fingerprint density at radius 3 is 2.61 bits per heavy atom. The molecule has 3 heterocycles. The van der Waals surface area contributed by atoms with Gasteiger partial charge in [0.1, 0.15) is 16.7 Å². The first-order valence-electron chi connectivity index (χ1n) is 10.2. The van der Waals surface area contributed by atoms with Crippen molar-refractivity contribution in [2.75, 3.05) is 22.7 Å². The zero-order chi connectivity index (χ0) is 23.6. The average molecular weight is 475 g/mol. The Hall–Kier alpha value is -3.27. The molecule has 4 rings (SSSR count). The van der Waals surface area contributed by atoms with Gasteiger partial charge in [-0.1, -0.05) is 30.3 Å². The summed E-state index contributed by atoms with van der Waals surface area (Å²) in [6.45, 7) is 2.74. The predicted octanol–water partition coefficient (Wildman–Crippen LogP) is 5.50. The minimum atomic E-state index is -4.53. The molecule has 1 aromatic carbocycles. The summed E-state index contributed by atoms with van der Waals surface area (Å²) < 4.78 is 43.8. The fraction of sp³-hybridized carbons (Fsp3) is 0.261. The summed E-state index contributed by atoms with van der Waals surface area (Å²) in [5.74, 6) is -0.308. The van der Waals surface area contributed by atoms with Crippen molar-refractivity contribution in [1.82, 2.24) is 9.97 Å². The number of alkyl halides is 3. The number of halogens is 3. The number of carboxylic acid groups (broad SMARTS) is 1. The van der Waals surface area contributed by atoms with E-state index in [1.807, 2.05) is 4.90 Å². The Morgan fingerprint density at radius 2 is 1.91 bits per heavy atom. The highest BCUT2D eigenvalue weighted by molar-refractivity contribution is 8.00. The molecule has 0 spiro atoms. The standard InChI is InChI=1S/C23H21F3N4O2S/c1-14-5-2-3-6-16(14)21-17(23(24,25)26)9-10-18(27-21)29-33-20-8-4-7-19(28-20)30-12-11-15(13-30)22(31)32/h2-10,15H,11-13H2,1H3,(H,27,29)(H,31,32). The number of carbonyl (C=O) groups is 1. The number of carboxylic acids is 1. The van der Waals surface area contributed by atoms with E-state index in [0.29, 0.717) is 41.5 Å². The molecule has 2 N–H and O–H groups in total. The van der Waals surface area contributed by atoms with E-state index in [2.05, 4.69) is 14.7 Å². The van der Waals surface area contributed by atoms with Gasteiger partial charge < -0.3 is 14.7 Å². The molecule has 0 amide bonds. The van der Waals surface area contributed by atoms with E-state index in [-0.39, 0.29) is 11.5 Å². The van der Waals surface area contributed by atoms with E-state index in [4.69, 9.17) is 0 Å². The van der Waals surface area contributed by atoms with Crippen LogP contribution in [0.1, 0.15) is 17.5 Å². The van der Waals surface area contributed by atoms with Crippen LogP contribution in [0.2, 0.25) is 0 Å². The van der Waals surface area contributed by atoms with Gasteiger partial charge in [0, 0.05) is 30.6 Å². The first kappa shape index (κ1) is 22.9. The van der Waals surface area contributed by atoms with Crippen molar-refractivity contribution >= 4 is 29.6 Å². The van der Waals surface area contributed by atoms with Gasteiger partial charge in [0.05, 0.1) is 17.2 Å². The van der Waals surface area contributed by atoms with Gasteiger partial charge in [0.2, 0.25) is 0 Å². The summed E-state index contributed by atoms with van der Waals surface area (Å²) in [7, 11) is 0. The van der Waals surface area contributed by atoms with Gasteiger partial charge in [0.25, 0.3) is 0 Å². The molecule has 0 saturated carbocycles. The maximum atomic E-state index is 13.6. The largest absolute Gasteiger partial charge is 0.481 e. The predicted molar refractivity (Wildman–Crippen MR) is 121 cm³/mol. The number of rotatable bonds is 6. The minimum absolute atomic E-state index is 0.135. The van der Waals surface area contributed by atoms with Crippen LogP contribution in [0.5, 0.6) is 0 Å². The third-order valence-electron chi connectivity index (χ3n) is 5.43. The number of benzene rings is 1. The van der Waals surface area contributed by atoms with Crippen molar-refractivity contribution < 1.29 is 23.1 Å². The molecular weight excluding hydrogens is 453 g/mol. The number of nitrogens with zero attached hydrogens (tertiary/aromatic N) is 3. The van der Waals surface area contributed by atoms with E-state index >= 15 is 0 Å². The third-order valence-corrected chi connectivity index (χ3v) is 6.18. The molecule has 3 aromatic rings. The normalized spacial score (nSPS) is 16.1. The van der Waals surface area contributed by atoms with Crippen molar-refractivity contribution in [3.63, 3.8) is 0 Å². The van der Waals surface area contributed by atoms with Crippen LogP contribution in [0.4, 0.5) is 24.8 Å². The maximum Gasteiger partial charge on any atom is 0.418 e. The summed E-state index contributed by atoms with van der Waals surface area (Å²) in [6.07, 6.45) is -3.97. The molecule has 1 fully saturated rings. The molecule has 10 heteroatoms. The molecule has 6 nitrogen and oxygen atoms in total. The number of hydrogen-bond donors (Lipinski definition) is 2. The highest BCUT2D eigenvalue weighted by atomic mass is 32.2. The molecule has 1 saturated heterocycles. The van der Waals surface area contributed by atoms with Crippen molar-refractivity contribution in [3.05, 3.63) is 65.7 Å². The third kappa shape index (κ3) is 5.22. The monoisotopic (exact) mass is 474 g/mol. The van der Waals surface area contributed by atoms with E-state index in [9.17, 15) is 23.1 Å². The van der Waals surface area contributed by atoms with Gasteiger partial charge in [-0.3, -0.25) is 4.79 Å². The van der Waals surface area contributed by atoms with Gasteiger partial charge in [-0.2, -0.15) is 13.2 Å². The highest BCUT2D eigenvalue weighted by Crippen LogP contribution is 2.38. The average Bonchev–Trinajstić information content (AvgIpc) is 3.28. The van der Waals surface area contributed by atoms with Gasteiger partial charge in [-0.25, -0.2) is 9.97 Å². The number of aliphatic carboxylic acids is 1. The first-order valence-corrected chi connectivity index (χ1v) is 11.1. The van der Waals surface area contributed by atoms with Crippen LogP contribution in [0.15, 0.2) is 59.6 Å². The Balaban J connectivity index is 1.54. The van der Waals surface area contributed by atoms with E-state index < -0.39 is 23.6 Å². The van der Waals surface area contributed by atoms with Crippen LogP contribution in [0.3, 0.4) is 0 Å². The minimum Gasteiger partial charge on any atom is -0.481 e. The Labute approximate surface area is 193 Å². The lowest BCUT2D eigenvalue weighted by Crippen LogP contribution is -2.23. The zero-order valence-corrected chi connectivity index (χ0v) is 18.5. The van der Waals surface area contributed by atoms with Crippen LogP contribution in [0.25, 0.3) is 11.3 Å². The molecule has 1 unspecified atom stereocenters. The van der Waals surface area contributed by atoms with Crippen molar-refractivity contribution in [1.29, 1.82) is 0 Å². The van der Waals surface area contributed by atoms with Crippen LogP contribution in [0, 0.1) is 12.8 Å². The molecule has 1 aliphatic rings. The van der Waals surface area contributed by atoms with Crippen LogP contribution < -0.4 is 9.62 Å². The van der Waals surface area contributed by atoms with Crippen LogP contribution in [-0.2, 0) is 11.0 Å². The number of anilines is 2. The topological polar surface area (TPSA) is 78.4 Å². The van der Waals surface area contributed by atoms with Crippen LogP contribution in [-0.4, -0.2) is 34.1 Å². The number of aryl methyl sites for hydroxylation is 1. The number of nitrogens with one attached hydrogen (secondary N) is 1. The molecule has 1 atom stereocenters. The van der Waals surface area contributed by atoms with Gasteiger partial charge in [-0.15, -0.1) is 0 Å². The maximum absolute atomic E-state index is 13.6. The lowest BCUT2D eigenvalue weighted by atomic mass is 10.0. The lowest BCUT2D eigenvalue weighted by Gasteiger charge is -2.18. The van der Waals surface area contributed by atoms with Crippen LogP contribution >= 0.6 is 11.9 Å². The van der Waals surface area contributed by atoms with E-state index in [1.165, 1.54) is 6.07 Å². The highest BCUT2D eigenvalue weighted by Gasteiger charge is 2.35. The number of hydrogen-bond acceptors (Lipinski definition) is 6.